The van der Waals surface area contributed by atoms with E-state index in [0.717, 1.165) is 38.5 Å². The lowest BCUT2D eigenvalue weighted by Crippen LogP contribution is -2.40. The summed E-state index contributed by atoms with van der Waals surface area (Å²) in [4.78, 5) is 0. The van der Waals surface area contributed by atoms with Crippen LogP contribution in [0.25, 0.3) is 0 Å². The maximum Gasteiger partial charge on any atom is 0.0632 e. The van der Waals surface area contributed by atoms with Gasteiger partial charge in [0.2, 0.25) is 0 Å². The van der Waals surface area contributed by atoms with E-state index in [9.17, 15) is 30.6 Å². The molecular formula is C28H52O6. The van der Waals surface area contributed by atoms with Gasteiger partial charge in [-0.25, -0.2) is 0 Å². The van der Waals surface area contributed by atoms with Gasteiger partial charge in [0.15, 0.2) is 0 Å². The molecule has 6 N–H and O–H groups in total. The number of aliphatic hydroxyl groups is 6. The zero-order chi connectivity index (χ0) is 25.5. The normalized spacial score (nSPS) is 35.7. The minimum Gasteiger partial charge on any atom is -0.396 e. The molecule has 0 heterocycles. The highest BCUT2D eigenvalue weighted by atomic mass is 16.3. The quantitative estimate of drug-likeness (QED) is 0.236. The Morgan fingerprint density at radius 1 is 0.618 bits per heavy atom. The van der Waals surface area contributed by atoms with E-state index in [1.165, 1.54) is 0 Å². The standard InChI is InChI=1S/C28H52O6/c1-27(2,17-29)11-5-7-19-13-23(31)15-21(25(19)33)9-10-22-16-24(32)14-20(26(22)34)8-6-12-28(3,4)18-30/h9-10,19-26,29-34H,5-8,11-18H2,1-4H3/b10-9-. The molecule has 8 unspecified atom stereocenters. The summed E-state index contributed by atoms with van der Waals surface area (Å²) < 4.78 is 0. The molecule has 2 fully saturated rings. The van der Waals surface area contributed by atoms with Crippen molar-refractivity contribution >= 4 is 0 Å². The highest BCUT2D eigenvalue weighted by Crippen LogP contribution is 2.38. The summed E-state index contributed by atoms with van der Waals surface area (Å²) >= 11 is 0. The second-order valence-corrected chi connectivity index (χ2v) is 12.9. The van der Waals surface area contributed by atoms with Crippen LogP contribution >= 0.6 is 0 Å². The van der Waals surface area contributed by atoms with E-state index < -0.39 is 24.4 Å². The van der Waals surface area contributed by atoms with Gasteiger partial charge in [-0.15, -0.1) is 0 Å². The minimum atomic E-state index is -0.529. The molecule has 0 aromatic heterocycles. The van der Waals surface area contributed by atoms with Gasteiger partial charge in [0.05, 0.1) is 24.4 Å². The summed E-state index contributed by atoms with van der Waals surface area (Å²) in [5.41, 5.74) is -0.250. The topological polar surface area (TPSA) is 121 Å². The summed E-state index contributed by atoms with van der Waals surface area (Å²) in [6.45, 7) is 8.43. The number of aliphatic hydroxyl groups excluding tert-OH is 6. The van der Waals surface area contributed by atoms with Crippen molar-refractivity contribution in [2.24, 2.45) is 34.5 Å². The lowest BCUT2D eigenvalue weighted by atomic mass is 9.72. The van der Waals surface area contributed by atoms with Gasteiger partial charge in [-0.2, -0.15) is 0 Å². The van der Waals surface area contributed by atoms with Crippen LogP contribution in [0.15, 0.2) is 12.2 Å². The second kappa shape index (κ2) is 13.2. The molecular weight excluding hydrogens is 432 g/mol. The van der Waals surface area contributed by atoms with Crippen molar-refractivity contribution in [3.63, 3.8) is 0 Å². The van der Waals surface area contributed by atoms with Crippen LogP contribution in [0.2, 0.25) is 0 Å². The zero-order valence-corrected chi connectivity index (χ0v) is 21.9. The molecule has 6 heteroatoms. The van der Waals surface area contributed by atoms with E-state index in [2.05, 4.69) is 0 Å². The van der Waals surface area contributed by atoms with Crippen LogP contribution in [0, 0.1) is 34.5 Å². The van der Waals surface area contributed by atoms with Gasteiger partial charge in [-0.05, 0) is 74.0 Å². The van der Waals surface area contributed by atoms with E-state index >= 15 is 0 Å². The smallest absolute Gasteiger partial charge is 0.0632 e. The summed E-state index contributed by atoms with van der Waals surface area (Å²) in [6.07, 6.45) is 9.43. The molecule has 34 heavy (non-hydrogen) atoms. The second-order valence-electron chi connectivity index (χ2n) is 12.9. The largest absolute Gasteiger partial charge is 0.396 e. The zero-order valence-electron chi connectivity index (χ0n) is 21.9. The first kappa shape index (κ1) is 29.7. The molecule has 0 radical (unpaired) electrons. The Bertz CT molecular complexity index is 566. The first-order chi connectivity index (χ1) is 15.9. The molecule has 0 spiro atoms. The van der Waals surface area contributed by atoms with Crippen molar-refractivity contribution in [3.05, 3.63) is 12.2 Å². The summed E-state index contributed by atoms with van der Waals surface area (Å²) in [5.74, 6) is -0.265. The lowest BCUT2D eigenvalue weighted by Gasteiger charge is -2.38. The molecule has 0 saturated heterocycles. The van der Waals surface area contributed by atoms with Crippen LogP contribution in [0.3, 0.4) is 0 Å². The molecule has 0 bridgehead atoms. The van der Waals surface area contributed by atoms with Gasteiger partial charge in [-0.3, -0.25) is 0 Å². The number of hydrogen-bond acceptors (Lipinski definition) is 6. The van der Waals surface area contributed by atoms with Gasteiger partial charge in [0, 0.05) is 25.0 Å². The van der Waals surface area contributed by atoms with E-state index in [1.807, 2.05) is 39.8 Å². The van der Waals surface area contributed by atoms with E-state index in [-0.39, 0.29) is 47.7 Å². The molecule has 2 saturated carbocycles. The highest BCUT2D eigenvalue weighted by Gasteiger charge is 2.37. The Kier molecular flexibility index (Phi) is 11.5. The van der Waals surface area contributed by atoms with Crippen LogP contribution in [-0.2, 0) is 0 Å². The molecule has 2 aliphatic carbocycles. The summed E-state index contributed by atoms with van der Waals surface area (Å²) in [6, 6.07) is 0. The Morgan fingerprint density at radius 3 is 1.29 bits per heavy atom. The van der Waals surface area contributed by atoms with Crippen molar-refractivity contribution in [1.29, 1.82) is 0 Å². The predicted octanol–water partition coefficient (Wildman–Crippen LogP) is 3.42. The van der Waals surface area contributed by atoms with Gasteiger partial charge in [-0.1, -0.05) is 52.7 Å². The van der Waals surface area contributed by atoms with Crippen LogP contribution in [0.1, 0.15) is 91.9 Å². The maximum absolute atomic E-state index is 11.0. The minimum absolute atomic E-state index is 0.0254. The Morgan fingerprint density at radius 2 is 0.971 bits per heavy atom. The molecule has 8 atom stereocenters. The molecule has 200 valence electrons. The third-order valence-electron chi connectivity index (χ3n) is 8.40. The third kappa shape index (κ3) is 9.18. The van der Waals surface area contributed by atoms with Crippen molar-refractivity contribution in [2.75, 3.05) is 13.2 Å². The van der Waals surface area contributed by atoms with Crippen LogP contribution < -0.4 is 0 Å². The molecule has 2 rings (SSSR count). The Hall–Kier alpha value is -0.500. The van der Waals surface area contributed by atoms with Crippen molar-refractivity contribution in [3.8, 4) is 0 Å². The fraction of sp³-hybridized carbons (Fsp3) is 0.929. The first-order valence-electron chi connectivity index (χ1n) is 13.5. The van der Waals surface area contributed by atoms with Crippen LogP contribution in [-0.4, -0.2) is 68.3 Å². The average molecular weight is 485 g/mol. The highest BCUT2D eigenvalue weighted by molar-refractivity contribution is 5.04. The number of rotatable bonds is 12. The van der Waals surface area contributed by atoms with Gasteiger partial charge in [0.1, 0.15) is 0 Å². The molecule has 6 nitrogen and oxygen atoms in total. The monoisotopic (exact) mass is 484 g/mol. The van der Waals surface area contributed by atoms with E-state index in [4.69, 9.17) is 0 Å². The van der Waals surface area contributed by atoms with E-state index in [0.29, 0.717) is 25.7 Å². The van der Waals surface area contributed by atoms with Gasteiger partial charge in [0.25, 0.3) is 0 Å². The third-order valence-corrected chi connectivity index (χ3v) is 8.40. The molecule has 0 aromatic carbocycles. The summed E-state index contributed by atoms with van der Waals surface area (Å²) in [7, 11) is 0. The number of hydrogen-bond donors (Lipinski definition) is 6. The van der Waals surface area contributed by atoms with Crippen molar-refractivity contribution in [2.45, 2.75) is 116 Å². The van der Waals surface area contributed by atoms with Gasteiger partial charge >= 0.3 is 0 Å². The van der Waals surface area contributed by atoms with Crippen molar-refractivity contribution in [1.82, 2.24) is 0 Å². The predicted molar refractivity (Wildman–Crippen MR) is 135 cm³/mol. The average Bonchev–Trinajstić information content (AvgIpc) is 2.77. The first-order valence-corrected chi connectivity index (χ1v) is 13.5. The molecule has 2 aliphatic rings. The van der Waals surface area contributed by atoms with Crippen LogP contribution in [0.5, 0.6) is 0 Å². The van der Waals surface area contributed by atoms with Crippen molar-refractivity contribution < 1.29 is 30.6 Å². The Balaban J connectivity index is 1.94. The Labute approximate surface area is 207 Å². The molecule has 0 aromatic rings. The molecule has 0 amide bonds. The van der Waals surface area contributed by atoms with Gasteiger partial charge < -0.3 is 30.6 Å². The lowest BCUT2D eigenvalue weighted by molar-refractivity contribution is -0.0306. The van der Waals surface area contributed by atoms with E-state index in [1.54, 1.807) is 0 Å². The maximum atomic E-state index is 11.0. The fourth-order valence-electron chi connectivity index (χ4n) is 5.87. The molecule has 0 aliphatic heterocycles. The SMILES string of the molecule is CC(C)(CO)CCCC1CC(O)CC(/C=C\C2CC(O)CC(CCCC(C)(C)CO)C2O)C1O. The summed E-state index contributed by atoms with van der Waals surface area (Å²) in [5, 5.41) is 61.8. The fourth-order valence-corrected chi connectivity index (χ4v) is 5.87. The van der Waals surface area contributed by atoms with Crippen LogP contribution in [0.4, 0.5) is 0 Å².